The lowest BCUT2D eigenvalue weighted by molar-refractivity contribution is -0.119. The topological polar surface area (TPSA) is 80.0 Å². The Hall–Kier alpha value is -3.10. The summed E-state index contributed by atoms with van der Waals surface area (Å²) in [7, 11) is 0. The van der Waals surface area contributed by atoms with E-state index in [9.17, 15) is 4.79 Å². The molecule has 1 unspecified atom stereocenters. The van der Waals surface area contributed by atoms with Crippen LogP contribution in [0.15, 0.2) is 81.8 Å². The summed E-state index contributed by atoms with van der Waals surface area (Å²) >= 11 is 2.80. The molecule has 8 heteroatoms. The van der Waals surface area contributed by atoms with Gasteiger partial charge in [-0.1, -0.05) is 77.7 Å². The van der Waals surface area contributed by atoms with E-state index in [4.69, 9.17) is 4.42 Å². The third-order valence-corrected chi connectivity index (χ3v) is 6.64. The summed E-state index contributed by atoms with van der Waals surface area (Å²) in [6.07, 6.45) is 1.63. The molecule has 1 amide bonds. The van der Waals surface area contributed by atoms with Crippen molar-refractivity contribution in [2.24, 2.45) is 0 Å². The molecule has 31 heavy (non-hydrogen) atoms. The van der Waals surface area contributed by atoms with Gasteiger partial charge in [0.05, 0.1) is 24.6 Å². The number of anilines is 1. The van der Waals surface area contributed by atoms with Crippen molar-refractivity contribution in [1.82, 2.24) is 15.5 Å². The largest absolute Gasteiger partial charge is 0.467 e. The number of nitrogens with zero attached hydrogens (tertiary/aromatic N) is 2. The number of hydrogen-bond donors (Lipinski definition) is 2. The first kappa shape index (κ1) is 21.1. The highest BCUT2D eigenvalue weighted by atomic mass is 32.2. The first-order valence-corrected chi connectivity index (χ1v) is 11.6. The highest BCUT2D eigenvalue weighted by Gasteiger charge is 2.12. The van der Waals surface area contributed by atoms with Gasteiger partial charge in [-0.05, 0) is 35.7 Å². The fourth-order valence-corrected chi connectivity index (χ4v) is 4.56. The number of thioether (sulfide) groups is 1. The van der Waals surface area contributed by atoms with Crippen LogP contribution >= 0.6 is 23.1 Å². The summed E-state index contributed by atoms with van der Waals surface area (Å²) in [5, 5.41) is 15.1. The Kier molecular flexibility index (Phi) is 7.01. The lowest BCUT2D eigenvalue weighted by Crippen LogP contribution is -2.28. The van der Waals surface area contributed by atoms with Crippen molar-refractivity contribution in [3.8, 4) is 11.1 Å². The van der Waals surface area contributed by atoms with Gasteiger partial charge < -0.3 is 15.1 Å². The van der Waals surface area contributed by atoms with Gasteiger partial charge in [0, 0.05) is 0 Å². The monoisotopic (exact) mass is 450 g/mol. The molecular weight excluding hydrogens is 428 g/mol. The number of rotatable bonds is 9. The van der Waals surface area contributed by atoms with E-state index in [0.29, 0.717) is 17.4 Å². The fraction of sp³-hybridized carbons (Fsp3) is 0.174. The second kappa shape index (κ2) is 10.3. The predicted molar refractivity (Wildman–Crippen MR) is 125 cm³/mol. The number of amides is 1. The van der Waals surface area contributed by atoms with E-state index in [2.05, 4.69) is 57.2 Å². The summed E-state index contributed by atoms with van der Waals surface area (Å²) in [6, 6.07) is 22.2. The van der Waals surface area contributed by atoms with Gasteiger partial charge in [-0.3, -0.25) is 4.79 Å². The van der Waals surface area contributed by atoms with E-state index in [-0.39, 0.29) is 11.9 Å². The number of benzene rings is 2. The van der Waals surface area contributed by atoms with Crippen molar-refractivity contribution >= 4 is 34.1 Å². The molecule has 0 aliphatic carbocycles. The molecule has 2 heterocycles. The Morgan fingerprint density at radius 1 is 1.03 bits per heavy atom. The van der Waals surface area contributed by atoms with Crippen LogP contribution in [0.2, 0.25) is 0 Å². The maximum atomic E-state index is 12.4. The molecule has 4 rings (SSSR count). The zero-order valence-corrected chi connectivity index (χ0v) is 18.6. The summed E-state index contributed by atoms with van der Waals surface area (Å²) in [5.41, 5.74) is 3.40. The number of carbonyl (C=O) groups is 1. The molecule has 1 atom stereocenters. The number of nitrogens with one attached hydrogen (secondary N) is 2. The van der Waals surface area contributed by atoms with Gasteiger partial charge >= 0.3 is 0 Å². The molecule has 0 saturated heterocycles. The van der Waals surface area contributed by atoms with Crippen LogP contribution in [0.4, 0.5) is 5.13 Å². The van der Waals surface area contributed by atoms with Crippen molar-refractivity contribution < 1.29 is 9.21 Å². The first-order valence-electron chi connectivity index (χ1n) is 9.84. The minimum atomic E-state index is -0.0714. The molecule has 0 radical (unpaired) electrons. The Labute approximate surface area is 189 Å². The van der Waals surface area contributed by atoms with E-state index in [1.54, 1.807) is 6.26 Å². The molecule has 4 aromatic rings. The Morgan fingerprint density at radius 3 is 2.55 bits per heavy atom. The standard InChI is InChI=1S/C23H22N4O2S2/c1-16(17-9-11-19(12-10-17)18-6-3-2-4-7-18)25-21(28)15-30-23-27-26-22(31-23)24-14-20-8-5-13-29-20/h2-13,16H,14-15H2,1H3,(H,24,26)(H,25,28). The van der Waals surface area contributed by atoms with Gasteiger partial charge in [0.2, 0.25) is 11.0 Å². The molecule has 0 spiro atoms. The van der Waals surface area contributed by atoms with E-state index >= 15 is 0 Å². The van der Waals surface area contributed by atoms with Crippen LogP contribution in [0, 0.1) is 0 Å². The van der Waals surface area contributed by atoms with Crippen molar-refractivity contribution in [3.05, 3.63) is 84.3 Å². The second-order valence-corrected chi connectivity index (χ2v) is 9.07. The average Bonchev–Trinajstić information content (AvgIpc) is 3.49. The Balaban J connectivity index is 1.24. The predicted octanol–water partition coefficient (Wildman–Crippen LogP) is 5.38. The summed E-state index contributed by atoms with van der Waals surface area (Å²) in [5.74, 6) is 1.08. The smallest absolute Gasteiger partial charge is 0.230 e. The number of furan rings is 1. The SMILES string of the molecule is CC(NC(=O)CSc1nnc(NCc2ccco2)s1)c1ccc(-c2ccccc2)cc1. The molecule has 0 bridgehead atoms. The molecule has 0 aliphatic rings. The Morgan fingerprint density at radius 2 is 1.81 bits per heavy atom. The van der Waals surface area contributed by atoms with E-state index in [0.717, 1.165) is 21.2 Å². The van der Waals surface area contributed by atoms with Gasteiger partial charge in [0.1, 0.15) is 5.76 Å². The quantitative estimate of drug-likeness (QED) is 0.333. The number of hydrogen-bond acceptors (Lipinski definition) is 7. The number of carbonyl (C=O) groups excluding carboxylic acids is 1. The van der Waals surface area contributed by atoms with Crippen LogP contribution in [-0.4, -0.2) is 21.9 Å². The molecule has 0 fully saturated rings. The minimum Gasteiger partial charge on any atom is -0.467 e. The van der Waals surface area contributed by atoms with Gasteiger partial charge in [0.25, 0.3) is 0 Å². The maximum absolute atomic E-state index is 12.4. The molecular formula is C23H22N4O2S2. The van der Waals surface area contributed by atoms with Crippen molar-refractivity contribution in [2.45, 2.75) is 23.8 Å². The molecule has 6 nitrogen and oxygen atoms in total. The minimum absolute atomic E-state index is 0.0371. The molecule has 2 aromatic carbocycles. The van der Waals surface area contributed by atoms with E-state index < -0.39 is 0 Å². The van der Waals surface area contributed by atoms with Crippen LogP contribution < -0.4 is 10.6 Å². The van der Waals surface area contributed by atoms with Crippen LogP contribution in [0.3, 0.4) is 0 Å². The van der Waals surface area contributed by atoms with Crippen LogP contribution in [0.1, 0.15) is 24.3 Å². The lowest BCUT2D eigenvalue weighted by Gasteiger charge is -2.14. The van der Waals surface area contributed by atoms with Gasteiger partial charge in [-0.15, -0.1) is 10.2 Å². The molecule has 2 N–H and O–H groups in total. The average molecular weight is 451 g/mol. The second-order valence-electron chi connectivity index (χ2n) is 6.87. The third kappa shape index (κ3) is 5.96. The fourth-order valence-electron chi connectivity index (χ4n) is 3.00. The summed E-state index contributed by atoms with van der Waals surface area (Å²) in [4.78, 5) is 12.4. The van der Waals surface area contributed by atoms with Gasteiger partial charge in [-0.2, -0.15) is 0 Å². The van der Waals surface area contributed by atoms with Crippen LogP contribution in [0.25, 0.3) is 11.1 Å². The highest BCUT2D eigenvalue weighted by molar-refractivity contribution is 8.01. The van der Waals surface area contributed by atoms with Crippen molar-refractivity contribution in [1.29, 1.82) is 0 Å². The highest BCUT2D eigenvalue weighted by Crippen LogP contribution is 2.26. The summed E-state index contributed by atoms with van der Waals surface area (Å²) < 4.78 is 6.03. The van der Waals surface area contributed by atoms with E-state index in [1.165, 1.54) is 28.7 Å². The van der Waals surface area contributed by atoms with Crippen molar-refractivity contribution in [3.63, 3.8) is 0 Å². The normalized spacial score (nSPS) is 11.8. The van der Waals surface area contributed by atoms with E-state index in [1.807, 2.05) is 37.3 Å². The molecule has 0 saturated carbocycles. The van der Waals surface area contributed by atoms with Gasteiger partial charge in [0.15, 0.2) is 4.34 Å². The molecule has 0 aliphatic heterocycles. The van der Waals surface area contributed by atoms with Crippen LogP contribution in [-0.2, 0) is 11.3 Å². The molecule has 158 valence electrons. The molecule has 2 aromatic heterocycles. The first-order chi connectivity index (χ1) is 15.2. The third-order valence-electron chi connectivity index (χ3n) is 4.62. The zero-order chi connectivity index (χ0) is 21.5. The maximum Gasteiger partial charge on any atom is 0.230 e. The van der Waals surface area contributed by atoms with Gasteiger partial charge in [-0.25, -0.2) is 0 Å². The lowest BCUT2D eigenvalue weighted by atomic mass is 10.0. The Bertz CT molecular complexity index is 1100. The summed E-state index contributed by atoms with van der Waals surface area (Å²) in [6.45, 7) is 2.54. The van der Waals surface area contributed by atoms with Crippen molar-refractivity contribution in [2.75, 3.05) is 11.1 Å². The number of aromatic nitrogens is 2. The van der Waals surface area contributed by atoms with Crippen LogP contribution in [0.5, 0.6) is 0 Å². The zero-order valence-electron chi connectivity index (χ0n) is 16.9.